The summed E-state index contributed by atoms with van der Waals surface area (Å²) in [6.45, 7) is 2.02. The largest absolute Gasteiger partial charge is 0.480 e. The number of likely N-dealkylation sites (tertiary alicyclic amines) is 1. The van der Waals surface area contributed by atoms with E-state index < -0.39 is 5.97 Å². The van der Waals surface area contributed by atoms with Gasteiger partial charge in [0.15, 0.2) is 5.76 Å². The average molecular weight is 393 g/mol. The number of carboxylic acid groups (broad SMARTS) is 1. The first-order valence-corrected chi connectivity index (χ1v) is 9.20. The summed E-state index contributed by atoms with van der Waals surface area (Å²) in [5, 5.41) is 10.4. The van der Waals surface area contributed by atoms with E-state index in [-0.39, 0.29) is 30.2 Å². The lowest BCUT2D eigenvalue weighted by atomic mass is 10.1. The highest BCUT2D eigenvalue weighted by Crippen LogP contribution is 2.25. The Bertz CT molecular complexity index is 878. The molecule has 2 aromatic rings. The molecule has 8 heteroatoms. The van der Waals surface area contributed by atoms with Crippen LogP contribution in [0.3, 0.4) is 0 Å². The number of carboxylic acids is 1. The summed E-state index contributed by atoms with van der Waals surface area (Å²) in [4.78, 5) is 38.7. The van der Waals surface area contributed by atoms with Gasteiger partial charge in [-0.05, 0) is 43.5 Å². The molecule has 3 rings (SSSR count). The molecule has 2 amide bonds. The molecule has 1 unspecified atom stereocenters. The van der Waals surface area contributed by atoms with Gasteiger partial charge >= 0.3 is 5.97 Å². The summed E-state index contributed by atoms with van der Waals surface area (Å²) >= 11 is 5.97. The molecule has 1 aromatic carbocycles. The van der Waals surface area contributed by atoms with Crippen LogP contribution in [0, 0.1) is 0 Å². The van der Waals surface area contributed by atoms with E-state index in [1.807, 2.05) is 0 Å². The van der Waals surface area contributed by atoms with Crippen molar-refractivity contribution in [3.05, 3.63) is 35.0 Å². The lowest BCUT2D eigenvalue weighted by Crippen LogP contribution is -2.43. The van der Waals surface area contributed by atoms with Gasteiger partial charge in [0.25, 0.3) is 5.91 Å². The van der Waals surface area contributed by atoms with E-state index in [1.54, 1.807) is 29.2 Å². The van der Waals surface area contributed by atoms with E-state index in [9.17, 15) is 14.4 Å². The number of fused-ring (bicyclic) bond motifs is 1. The van der Waals surface area contributed by atoms with Crippen LogP contribution in [-0.2, 0) is 9.59 Å². The minimum Gasteiger partial charge on any atom is -0.480 e. The molecule has 1 aliphatic rings. The Balaban J connectivity index is 1.71. The Labute approximate surface area is 161 Å². The maximum atomic E-state index is 12.8. The Kier molecular flexibility index (Phi) is 5.70. The van der Waals surface area contributed by atoms with Gasteiger partial charge in [0.2, 0.25) is 5.91 Å². The number of furan rings is 1. The second-order valence-electron chi connectivity index (χ2n) is 6.71. The molecule has 1 saturated heterocycles. The monoisotopic (exact) mass is 392 g/mol. The van der Waals surface area contributed by atoms with Crippen LogP contribution in [0.15, 0.2) is 28.7 Å². The van der Waals surface area contributed by atoms with E-state index in [0.29, 0.717) is 43.0 Å². The zero-order chi connectivity index (χ0) is 19.6. The molecule has 0 bridgehead atoms. The Morgan fingerprint density at radius 1 is 1.26 bits per heavy atom. The van der Waals surface area contributed by atoms with Crippen molar-refractivity contribution in [2.75, 3.05) is 19.6 Å². The summed E-state index contributed by atoms with van der Waals surface area (Å²) in [5.41, 5.74) is 0.597. The average Bonchev–Trinajstić information content (AvgIpc) is 2.87. The minimum absolute atomic E-state index is 0.189. The fourth-order valence-electron chi connectivity index (χ4n) is 3.51. The lowest BCUT2D eigenvalue weighted by molar-refractivity contribution is -0.145. The smallest absolute Gasteiger partial charge is 0.323 e. The second kappa shape index (κ2) is 8.00. The fraction of sp³-hybridized carbons (Fsp3) is 0.421. The summed E-state index contributed by atoms with van der Waals surface area (Å²) in [6.07, 6.45) is 1.88. The number of carbonyl (C=O) groups excluding carboxylic acids is 2. The van der Waals surface area contributed by atoms with Gasteiger partial charge in [-0.25, -0.2) is 0 Å². The number of carbonyl (C=O) groups is 3. The Morgan fingerprint density at radius 2 is 2.04 bits per heavy atom. The third kappa shape index (κ3) is 4.42. The van der Waals surface area contributed by atoms with Crippen molar-refractivity contribution in [3.63, 3.8) is 0 Å². The van der Waals surface area contributed by atoms with E-state index in [0.717, 1.165) is 5.39 Å². The van der Waals surface area contributed by atoms with Crippen LogP contribution in [-0.4, -0.2) is 58.4 Å². The molecule has 0 aliphatic carbocycles. The standard InChI is InChI=1S/C19H21ClN2O5/c1-12(23)22(11-18(24)25)15-3-2-7-21(8-6-15)19(26)17-10-13-9-14(20)4-5-16(13)27-17/h4-5,9-10,15H,2-3,6-8,11H2,1H3,(H,24,25). The van der Waals surface area contributed by atoms with E-state index in [1.165, 1.54) is 11.8 Å². The first kappa shape index (κ1) is 19.2. The third-order valence-corrected chi connectivity index (χ3v) is 5.06. The van der Waals surface area contributed by atoms with Crippen LogP contribution in [0.2, 0.25) is 5.02 Å². The summed E-state index contributed by atoms with van der Waals surface area (Å²) in [5.74, 6) is -1.27. The zero-order valence-corrected chi connectivity index (χ0v) is 15.7. The van der Waals surface area contributed by atoms with Gasteiger partial charge in [-0.1, -0.05) is 11.6 Å². The molecule has 1 aromatic heterocycles. The molecular weight excluding hydrogens is 372 g/mol. The molecule has 144 valence electrons. The molecule has 1 N–H and O–H groups in total. The van der Waals surface area contributed by atoms with Crippen molar-refractivity contribution in [2.45, 2.75) is 32.2 Å². The van der Waals surface area contributed by atoms with Gasteiger partial charge in [0.05, 0.1) is 0 Å². The Morgan fingerprint density at radius 3 is 2.74 bits per heavy atom. The summed E-state index contributed by atoms with van der Waals surface area (Å²) < 4.78 is 5.65. The maximum absolute atomic E-state index is 12.8. The van der Waals surface area contributed by atoms with Crippen LogP contribution in [0.5, 0.6) is 0 Å². The maximum Gasteiger partial charge on any atom is 0.323 e. The predicted octanol–water partition coefficient (Wildman–Crippen LogP) is 3.01. The molecule has 1 aliphatic heterocycles. The first-order chi connectivity index (χ1) is 12.8. The van der Waals surface area contributed by atoms with Gasteiger partial charge in [-0.3, -0.25) is 14.4 Å². The lowest BCUT2D eigenvalue weighted by Gasteiger charge is -2.28. The minimum atomic E-state index is -1.04. The molecular formula is C19H21ClN2O5. The number of hydrogen-bond donors (Lipinski definition) is 1. The van der Waals surface area contributed by atoms with Crippen LogP contribution in [0.1, 0.15) is 36.7 Å². The normalized spacial score (nSPS) is 17.6. The SMILES string of the molecule is CC(=O)N(CC(=O)O)C1CCCN(C(=O)c2cc3cc(Cl)ccc3o2)CC1. The molecule has 0 saturated carbocycles. The van der Waals surface area contributed by atoms with Crippen LogP contribution in [0.4, 0.5) is 0 Å². The molecule has 7 nitrogen and oxygen atoms in total. The fourth-order valence-corrected chi connectivity index (χ4v) is 3.69. The predicted molar refractivity (Wildman–Crippen MR) is 99.8 cm³/mol. The van der Waals surface area contributed by atoms with E-state index in [4.69, 9.17) is 21.1 Å². The number of hydrogen-bond acceptors (Lipinski definition) is 4. The molecule has 2 heterocycles. The van der Waals surface area contributed by atoms with Crippen molar-refractivity contribution in [1.29, 1.82) is 0 Å². The van der Waals surface area contributed by atoms with Crippen molar-refractivity contribution in [1.82, 2.24) is 9.80 Å². The van der Waals surface area contributed by atoms with Crippen LogP contribution in [0.25, 0.3) is 11.0 Å². The summed E-state index contributed by atoms with van der Waals surface area (Å²) in [7, 11) is 0. The highest BCUT2D eigenvalue weighted by Gasteiger charge is 2.28. The quantitative estimate of drug-likeness (QED) is 0.863. The number of benzene rings is 1. The van der Waals surface area contributed by atoms with E-state index >= 15 is 0 Å². The number of nitrogens with zero attached hydrogens (tertiary/aromatic N) is 2. The first-order valence-electron chi connectivity index (χ1n) is 8.82. The van der Waals surface area contributed by atoms with Crippen LogP contribution < -0.4 is 0 Å². The number of amides is 2. The van der Waals surface area contributed by atoms with Gasteiger partial charge in [-0.15, -0.1) is 0 Å². The molecule has 1 fully saturated rings. The third-order valence-electron chi connectivity index (χ3n) is 4.82. The molecule has 27 heavy (non-hydrogen) atoms. The molecule has 0 radical (unpaired) electrons. The van der Waals surface area contributed by atoms with Gasteiger partial charge in [-0.2, -0.15) is 0 Å². The highest BCUT2D eigenvalue weighted by atomic mass is 35.5. The molecule has 1 atom stereocenters. The summed E-state index contributed by atoms with van der Waals surface area (Å²) in [6, 6.07) is 6.66. The number of aliphatic carboxylic acids is 1. The van der Waals surface area contributed by atoms with Gasteiger partial charge in [0, 0.05) is 36.5 Å². The number of halogens is 1. The van der Waals surface area contributed by atoms with Crippen molar-refractivity contribution >= 4 is 40.4 Å². The van der Waals surface area contributed by atoms with Crippen molar-refractivity contribution in [3.8, 4) is 0 Å². The van der Waals surface area contributed by atoms with Gasteiger partial charge < -0.3 is 19.3 Å². The van der Waals surface area contributed by atoms with Crippen LogP contribution >= 0.6 is 11.6 Å². The van der Waals surface area contributed by atoms with Crippen molar-refractivity contribution < 1.29 is 23.9 Å². The van der Waals surface area contributed by atoms with Gasteiger partial charge in [0.1, 0.15) is 12.1 Å². The zero-order valence-electron chi connectivity index (χ0n) is 15.0. The second-order valence-corrected chi connectivity index (χ2v) is 7.15. The Hall–Kier alpha value is -2.54. The highest BCUT2D eigenvalue weighted by molar-refractivity contribution is 6.31. The number of rotatable bonds is 4. The molecule has 0 spiro atoms. The van der Waals surface area contributed by atoms with Crippen molar-refractivity contribution in [2.24, 2.45) is 0 Å². The van der Waals surface area contributed by atoms with E-state index in [2.05, 4.69) is 0 Å². The topological polar surface area (TPSA) is 91.1 Å².